The second kappa shape index (κ2) is 6.89. The average molecular weight is 346 g/mol. The van der Waals surface area contributed by atoms with Gasteiger partial charge in [-0.15, -0.1) is 0 Å². The van der Waals surface area contributed by atoms with Crippen LogP contribution >= 0.6 is 0 Å². The average Bonchev–Trinajstić information content (AvgIpc) is 2.93. The molecule has 0 atom stereocenters. The Morgan fingerprint density at radius 2 is 0.852 bits per heavy atom. The van der Waals surface area contributed by atoms with Crippen molar-refractivity contribution in [2.75, 3.05) is 0 Å². The molecule has 0 heterocycles. The fraction of sp³-hybridized carbons (Fsp3) is 0.111. The van der Waals surface area contributed by atoms with Crippen LogP contribution < -0.4 is 0 Å². The van der Waals surface area contributed by atoms with Crippen LogP contribution in [0, 0.1) is 0 Å². The predicted octanol–water partition coefficient (Wildman–Crippen LogP) is 7.18. The molecule has 5 rings (SSSR count). The number of hydrogen-bond acceptors (Lipinski definition) is 0. The summed E-state index contributed by atoms with van der Waals surface area (Å²) in [6.45, 7) is 0. The molecule has 0 unspecified atom stereocenters. The van der Waals surface area contributed by atoms with Crippen molar-refractivity contribution in [1.29, 1.82) is 0 Å². The van der Waals surface area contributed by atoms with E-state index in [0.717, 1.165) is 12.8 Å². The molecule has 0 saturated heterocycles. The van der Waals surface area contributed by atoms with Gasteiger partial charge in [-0.2, -0.15) is 0 Å². The first-order chi connectivity index (χ1) is 13.4. The van der Waals surface area contributed by atoms with Gasteiger partial charge in [0.2, 0.25) is 0 Å². The summed E-state index contributed by atoms with van der Waals surface area (Å²) in [7, 11) is 0. The van der Waals surface area contributed by atoms with Crippen LogP contribution in [0.25, 0.3) is 33.4 Å². The van der Waals surface area contributed by atoms with E-state index in [0.29, 0.717) is 0 Å². The Balaban J connectivity index is 1.58. The van der Waals surface area contributed by atoms with Gasteiger partial charge >= 0.3 is 0 Å². The molecule has 27 heavy (non-hydrogen) atoms. The SMILES string of the molecule is c1ccc(-c2ccc3c(c2)CCCc2cc(-c4ccccc4)ccc2-3)cc1. The van der Waals surface area contributed by atoms with Crippen molar-refractivity contribution in [3.8, 4) is 33.4 Å². The van der Waals surface area contributed by atoms with Gasteiger partial charge < -0.3 is 0 Å². The summed E-state index contributed by atoms with van der Waals surface area (Å²) in [5.74, 6) is 0. The lowest BCUT2D eigenvalue weighted by molar-refractivity contribution is 0.835. The summed E-state index contributed by atoms with van der Waals surface area (Å²) in [6, 6.07) is 35.4. The first kappa shape index (κ1) is 16.1. The molecule has 1 aliphatic carbocycles. The Labute approximate surface area is 161 Å². The zero-order valence-electron chi connectivity index (χ0n) is 15.4. The summed E-state index contributed by atoms with van der Waals surface area (Å²) in [4.78, 5) is 0. The molecule has 4 aromatic rings. The zero-order chi connectivity index (χ0) is 18.1. The molecule has 0 aliphatic heterocycles. The molecule has 4 aromatic carbocycles. The molecule has 0 nitrogen and oxygen atoms in total. The van der Waals surface area contributed by atoms with Crippen molar-refractivity contribution < 1.29 is 0 Å². The molecule has 0 amide bonds. The smallest absolute Gasteiger partial charge is 0.0149 e. The first-order valence-corrected chi connectivity index (χ1v) is 9.75. The van der Waals surface area contributed by atoms with Crippen LogP contribution in [-0.4, -0.2) is 0 Å². The van der Waals surface area contributed by atoms with E-state index >= 15 is 0 Å². The lowest BCUT2D eigenvalue weighted by Gasteiger charge is -2.13. The van der Waals surface area contributed by atoms with Gasteiger partial charge in [0, 0.05) is 0 Å². The van der Waals surface area contributed by atoms with Gasteiger partial charge in [-0.1, -0.05) is 97.1 Å². The van der Waals surface area contributed by atoms with Gasteiger partial charge in [-0.3, -0.25) is 0 Å². The lowest BCUT2D eigenvalue weighted by Crippen LogP contribution is -1.90. The summed E-state index contributed by atoms with van der Waals surface area (Å²) in [5, 5.41) is 0. The normalized spacial score (nSPS) is 12.7. The molecular formula is C27H22. The van der Waals surface area contributed by atoms with Gasteiger partial charge in [0.15, 0.2) is 0 Å². The second-order valence-electron chi connectivity index (χ2n) is 7.33. The largest absolute Gasteiger partial charge is 0.0622 e. The maximum absolute atomic E-state index is 2.39. The summed E-state index contributed by atoms with van der Waals surface area (Å²) >= 11 is 0. The number of aryl methyl sites for hydroxylation is 2. The zero-order valence-corrected chi connectivity index (χ0v) is 15.4. The Kier molecular flexibility index (Phi) is 4.10. The minimum atomic E-state index is 1.14. The van der Waals surface area contributed by atoms with E-state index in [1.54, 1.807) is 0 Å². The minimum absolute atomic E-state index is 1.14. The molecule has 0 N–H and O–H groups in total. The summed E-state index contributed by atoms with van der Waals surface area (Å²) in [5.41, 5.74) is 11.0. The van der Waals surface area contributed by atoms with Crippen LogP contribution in [0.1, 0.15) is 17.5 Å². The number of fused-ring (bicyclic) bond motifs is 3. The molecule has 0 fully saturated rings. The molecule has 0 aromatic heterocycles. The quantitative estimate of drug-likeness (QED) is 0.361. The highest BCUT2D eigenvalue weighted by molar-refractivity contribution is 5.79. The number of rotatable bonds is 2. The molecule has 1 aliphatic rings. The number of hydrogen-bond donors (Lipinski definition) is 0. The highest BCUT2D eigenvalue weighted by Gasteiger charge is 2.16. The highest BCUT2D eigenvalue weighted by Crippen LogP contribution is 2.37. The van der Waals surface area contributed by atoms with Gasteiger partial charge in [0.05, 0.1) is 0 Å². The van der Waals surface area contributed by atoms with Gasteiger partial charge in [0.25, 0.3) is 0 Å². The van der Waals surface area contributed by atoms with Crippen molar-refractivity contribution in [2.24, 2.45) is 0 Å². The van der Waals surface area contributed by atoms with Crippen molar-refractivity contribution in [2.45, 2.75) is 19.3 Å². The van der Waals surface area contributed by atoms with Crippen molar-refractivity contribution in [3.05, 3.63) is 108 Å². The van der Waals surface area contributed by atoms with Crippen LogP contribution in [0.3, 0.4) is 0 Å². The van der Waals surface area contributed by atoms with Crippen molar-refractivity contribution in [3.63, 3.8) is 0 Å². The van der Waals surface area contributed by atoms with Crippen LogP contribution in [0.2, 0.25) is 0 Å². The monoisotopic (exact) mass is 346 g/mol. The van der Waals surface area contributed by atoms with E-state index < -0.39 is 0 Å². The molecule has 0 heteroatoms. The standard InChI is InChI=1S/C27H22/c1-3-8-20(9-4-1)22-14-16-26-24(18-22)12-7-13-25-19-23(15-17-27(25)26)21-10-5-2-6-11-21/h1-6,8-11,14-19H,7,12-13H2. The number of benzene rings is 4. The third kappa shape index (κ3) is 3.08. The van der Waals surface area contributed by atoms with E-state index in [9.17, 15) is 0 Å². The Bertz CT molecular complexity index is 987. The molecule has 0 radical (unpaired) electrons. The highest BCUT2D eigenvalue weighted by atomic mass is 14.2. The lowest BCUT2D eigenvalue weighted by atomic mass is 9.91. The van der Waals surface area contributed by atoms with Crippen LogP contribution in [0.5, 0.6) is 0 Å². The molecular weight excluding hydrogens is 324 g/mol. The summed E-state index contributed by atoms with van der Waals surface area (Å²) in [6.07, 6.45) is 3.49. The van der Waals surface area contributed by atoms with E-state index in [1.807, 2.05) is 0 Å². The van der Waals surface area contributed by atoms with Gasteiger partial charge in [0.1, 0.15) is 0 Å². The molecule has 0 spiro atoms. The maximum Gasteiger partial charge on any atom is -0.0149 e. The Hall–Kier alpha value is -3.12. The summed E-state index contributed by atoms with van der Waals surface area (Å²) < 4.78 is 0. The maximum atomic E-state index is 2.39. The molecule has 130 valence electrons. The molecule has 0 bridgehead atoms. The van der Waals surface area contributed by atoms with Crippen LogP contribution in [-0.2, 0) is 12.8 Å². The van der Waals surface area contributed by atoms with Crippen LogP contribution in [0.4, 0.5) is 0 Å². The minimum Gasteiger partial charge on any atom is -0.0622 e. The van der Waals surface area contributed by atoms with E-state index in [1.165, 1.54) is 50.9 Å². The molecule has 0 saturated carbocycles. The Morgan fingerprint density at radius 3 is 1.30 bits per heavy atom. The fourth-order valence-electron chi connectivity index (χ4n) is 4.22. The van der Waals surface area contributed by atoms with Crippen molar-refractivity contribution >= 4 is 0 Å². The predicted molar refractivity (Wildman–Crippen MR) is 115 cm³/mol. The third-order valence-corrected chi connectivity index (χ3v) is 5.61. The third-order valence-electron chi connectivity index (χ3n) is 5.61. The Morgan fingerprint density at radius 1 is 0.407 bits per heavy atom. The first-order valence-electron chi connectivity index (χ1n) is 9.75. The van der Waals surface area contributed by atoms with E-state index in [-0.39, 0.29) is 0 Å². The van der Waals surface area contributed by atoms with Gasteiger partial charge in [-0.25, -0.2) is 0 Å². The fourth-order valence-corrected chi connectivity index (χ4v) is 4.22. The van der Waals surface area contributed by atoms with E-state index in [2.05, 4.69) is 97.1 Å². The van der Waals surface area contributed by atoms with Gasteiger partial charge in [-0.05, 0) is 63.8 Å². The van der Waals surface area contributed by atoms with E-state index in [4.69, 9.17) is 0 Å². The van der Waals surface area contributed by atoms with Crippen molar-refractivity contribution in [1.82, 2.24) is 0 Å². The topological polar surface area (TPSA) is 0 Å². The second-order valence-corrected chi connectivity index (χ2v) is 7.33. The van der Waals surface area contributed by atoms with Crippen LogP contribution in [0.15, 0.2) is 97.1 Å².